The Bertz CT molecular complexity index is 416. The van der Waals surface area contributed by atoms with Gasteiger partial charge < -0.3 is 15.3 Å². The highest BCUT2D eigenvalue weighted by atomic mass is 19.1. The van der Waals surface area contributed by atoms with Gasteiger partial charge in [0.25, 0.3) is 0 Å². The number of nitrogens with one attached hydrogen (secondary N) is 1. The third-order valence-electron chi connectivity index (χ3n) is 2.60. The fourth-order valence-corrected chi connectivity index (χ4v) is 1.88. The van der Waals surface area contributed by atoms with Crippen molar-refractivity contribution in [2.75, 3.05) is 27.2 Å². The van der Waals surface area contributed by atoms with Gasteiger partial charge in [-0.15, -0.1) is 0 Å². The van der Waals surface area contributed by atoms with Crippen LogP contribution in [0.15, 0.2) is 24.3 Å². The van der Waals surface area contributed by atoms with Crippen molar-refractivity contribution in [1.82, 2.24) is 10.2 Å². The molecule has 5 heteroatoms. The second kappa shape index (κ2) is 6.63. The molecule has 1 atom stereocenters. The Morgan fingerprint density at radius 3 is 2.47 bits per heavy atom. The molecule has 1 aromatic carbocycles. The molecular formula is C14H21FN2O2. The van der Waals surface area contributed by atoms with Crippen LogP contribution < -0.4 is 5.32 Å². The molecule has 0 saturated carbocycles. The van der Waals surface area contributed by atoms with Gasteiger partial charge in [0.1, 0.15) is 5.82 Å². The normalized spacial score (nSPS) is 14.2. The highest BCUT2D eigenvalue weighted by molar-refractivity contribution is 5.78. The lowest BCUT2D eigenvalue weighted by atomic mass is 10.1. The van der Waals surface area contributed by atoms with E-state index in [4.69, 9.17) is 0 Å². The standard InChI is InChI=1S/C14H21FN2O2/c1-14(19,10-17(2)3)9-16-13(18)8-11-4-6-12(15)7-5-11/h4-7,19H,8-10H2,1-3H3,(H,16,18). The molecule has 0 spiro atoms. The average molecular weight is 268 g/mol. The number of hydrogen-bond acceptors (Lipinski definition) is 3. The third-order valence-corrected chi connectivity index (χ3v) is 2.60. The molecule has 1 unspecified atom stereocenters. The molecule has 0 radical (unpaired) electrons. The first-order valence-corrected chi connectivity index (χ1v) is 6.17. The Hall–Kier alpha value is -1.46. The van der Waals surface area contributed by atoms with Crippen molar-refractivity contribution in [3.8, 4) is 0 Å². The van der Waals surface area contributed by atoms with E-state index in [0.717, 1.165) is 5.56 Å². The highest BCUT2D eigenvalue weighted by Crippen LogP contribution is 2.05. The molecule has 0 saturated heterocycles. The molecule has 1 rings (SSSR count). The first-order valence-electron chi connectivity index (χ1n) is 6.17. The van der Waals surface area contributed by atoms with E-state index in [0.29, 0.717) is 6.54 Å². The van der Waals surface area contributed by atoms with Crippen LogP contribution >= 0.6 is 0 Å². The zero-order valence-electron chi connectivity index (χ0n) is 11.6. The van der Waals surface area contributed by atoms with Crippen LogP contribution in [0.1, 0.15) is 12.5 Å². The van der Waals surface area contributed by atoms with E-state index >= 15 is 0 Å². The molecule has 4 nitrogen and oxygen atoms in total. The molecule has 0 heterocycles. The monoisotopic (exact) mass is 268 g/mol. The molecule has 0 fully saturated rings. The van der Waals surface area contributed by atoms with Crippen molar-refractivity contribution >= 4 is 5.91 Å². The SMILES string of the molecule is CN(C)CC(C)(O)CNC(=O)Cc1ccc(F)cc1. The molecule has 0 aromatic heterocycles. The maximum absolute atomic E-state index is 12.7. The Kier molecular flexibility index (Phi) is 5.44. The van der Waals surface area contributed by atoms with Gasteiger partial charge in [0.15, 0.2) is 0 Å². The zero-order chi connectivity index (χ0) is 14.5. The van der Waals surface area contributed by atoms with Crippen molar-refractivity contribution in [3.63, 3.8) is 0 Å². The fourth-order valence-electron chi connectivity index (χ4n) is 1.88. The number of amides is 1. The van der Waals surface area contributed by atoms with Crippen LogP contribution in [0.3, 0.4) is 0 Å². The van der Waals surface area contributed by atoms with Crippen molar-refractivity contribution in [2.24, 2.45) is 0 Å². The lowest BCUT2D eigenvalue weighted by Gasteiger charge is -2.27. The first kappa shape index (κ1) is 15.6. The minimum atomic E-state index is -0.970. The number of rotatable bonds is 6. The molecule has 106 valence electrons. The Balaban J connectivity index is 2.41. The summed E-state index contributed by atoms with van der Waals surface area (Å²) in [6.07, 6.45) is 0.179. The van der Waals surface area contributed by atoms with Crippen molar-refractivity contribution in [3.05, 3.63) is 35.6 Å². The van der Waals surface area contributed by atoms with Crippen LogP contribution in [0.2, 0.25) is 0 Å². The lowest BCUT2D eigenvalue weighted by molar-refractivity contribution is -0.121. The summed E-state index contributed by atoms with van der Waals surface area (Å²) in [7, 11) is 3.71. The van der Waals surface area contributed by atoms with E-state index in [2.05, 4.69) is 5.32 Å². The topological polar surface area (TPSA) is 52.6 Å². The number of halogens is 1. The maximum Gasteiger partial charge on any atom is 0.224 e. The van der Waals surface area contributed by atoms with Gasteiger partial charge in [0, 0.05) is 13.1 Å². The lowest BCUT2D eigenvalue weighted by Crippen LogP contribution is -2.47. The van der Waals surface area contributed by atoms with E-state index in [1.54, 1.807) is 19.1 Å². The molecule has 1 amide bonds. The minimum absolute atomic E-state index is 0.179. The first-order chi connectivity index (χ1) is 8.78. The number of benzene rings is 1. The summed E-state index contributed by atoms with van der Waals surface area (Å²) in [4.78, 5) is 13.6. The Morgan fingerprint density at radius 1 is 1.37 bits per heavy atom. The summed E-state index contributed by atoms with van der Waals surface area (Å²) in [6.45, 7) is 2.32. The number of nitrogens with zero attached hydrogens (tertiary/aromatic N) is 1. The summed E-state index contributed by atoms with van der Waals surface area (Å²) in [6, 6.07) is 5.80. The summed E-state index contributed by atoms with van der Waals surface area (Å²) < 4.78 is 12.7. The van der Waals surface area contributed by atoms with Crippen LogP contribution in [0.5, 0.6) is 0 Å². The van der Waals surface area contributed by atoms with Gasteiger partial charge in [-0.05, 0) is 38.7 Å². The van der Waals surface area contributed by atoms with Crippen LogP contribution in [0, 0.1) is 5.82 Å². The van der Waals surface area contributed by atoms with Crippen LogP contribution in [0.4, 0.5) is 4.39 Å². The van der Waals surface area contributed by atoms with Gasteiger partial charge in [-0.25, -0.2) is 4.39 Å². The number of hydrogen-bond donors (Lipinski definition) is 2. The second-order valence-corrected chi connectivity index (χ2v) is 5.31. The van der Waals surface area contributed by atoms with Crippen LogP contribution in [-0.2, 0) is 11.2 Å². The number of carbonyl (C=O) groups is 1. The van der Waals surface area contributed by atoms with E-state index < -0.39 is 5.60 Å². The molecular weight excluding hydrogens is 247 g/mol. The molecule has 0 aliphatic heterocycles. The average Bonchev–Trinajstić information content (AvgIpc) is 2.28. The summed E-state index contributed by atoms with van der Waals surface area (Å²) >= 11 is 0. The Morgan fingerprint density at radius 2 is 1.95 bits per heavy atom. The van der Waals surface area contributed by atoms with Gasteiger partial charge in [-0.2, -0.15) is 0 Å². The number of likely N-dealkylation sites (N-methyl/N-ethyl adjacent to an activating group) is 1. The second-order valence-electron chi connectivity index (χ2n) is 5.31. The summed E-state index contributed by atoms with van der Waals surface area (Å²) in [5, 5.41) is 12.7. The predicted octanol–water partition coefficient (Wildman–Crippen LogP) is 0.797. The minimum Gasteiger partial charge on any atom is -0.387 e. The van der Waals surface area contributed by atoms with Gasteiger partial charge in [0.05, 0.1) is 12.0 Å². The maximum atomic E-state index is 12.7. The molecule has 0 bridgehead atoms. The summed E-state index contributed by atoms with van der Waals surface area (Å²) in [5.74, 6) is -0.510. The Labute approximate surface area is 113 Å². The van der Waals surface area contributed by atoms with Crippen molar-refractivity contribution in [1.29, 1.82) is 0 Å². The van der Waals surface area contributed by atoms with Gasteiger partial charge >= 0.3 is 0 Å². The number of aliphatic hydroxyl groups is 1. The van der Waals surface area contributed by atoms with Crippen molar-refractivity contribution in [2.45, 2.75) is 18.9 Å². The number of carbonyl (C=O) groups excluding carboxylic acids is 1. The van der Waals surface area contributed by atoms with E-state index in [9.17, 15) is 14.3 Å². The summed E-state index contributed by atoms with van der Waals surface area (Å²) in [5.41, 5.74) is -0.228. The molecule has 19 heavy (non-hydrogen) atoms. The van der Waals surface area contributed by atoms with Gasteiger partial charge in [-0.3, -0.25) is 4.79 Å². The van der Waals surface area contributed by atoms with Gasteiger partial charge in [-0.1, -0.05) is 12.1 Å². The zero-order valence-corrected chi connectivity index (χ0v) is 11.6. The smallest absolute Gasteiger partial charge is 0.224 e. The quantitative estimate of drug-likeness (QED) is 0.802. The molecule has 1 aromatic rings. The largest absolute Gasteiger partial charge is 0.387 e. The predicted molar refractivity (Wildman–Crippen MR) is 72.3 cm³/mol. The molecule has 2 N–H and O–H groups in total. The van der Waals surface area contributed by atoms with E-state index in [1.165, 1.54) is 12.1 Å². The van der Waals surface area contributed by atoms with Gasteiger partial charge in [0.2, 0.25) is 5.91 Å². The van der Waals surface area contributed by atoms with Crippen LogP contribution in [-0.4, -0.2) is 48.7 Å². The molecule has 0 aliphatic rings. The third kappa shape index (κ3) is 6.31. The highest BCUT2D eigenvalue weighted by Gasteiger charge is 2.21. The van der Waals surface area contributed by atoms with E-state index in [-0.39, 0.29) is 24.7 Å². The van der Waals surface area contributed by atoms with Crippen LogP contribution in [0.25, 0.3) is 0 Å². The van der Waals surface area contributed by atoms with Crippen molar-refractivity contribution < 1.29 is 14.3 Å². The van der Waals surface area contributed by atoms with E-state index in [1.807, 2.05) is 19.0 Å². The fraction of sp³-hybridized carbons (Fsp3) is 0.500. The molecule has 0 aliphatic carbocycles.